The zero-order valence-electron chi connectivity index (χ0n) is 14.5. The van der Waals surface area contributed by atoms with Crippen LogP contribution in [-0.4, -0.2) is 49.3 Å². The lowest BCUT2D eigenvalue weighted by Crippen LogP contribution is -2.36. The number of benzene rings is 1. The van der Waals surface area contributed by atoms with E-state index in [-0.39, 0.29) is 17.4 Å². The van der Waals surface area contributed by atoms with Crippen LogP contribution in [-0.2, 0) is 0 Å². The van der Waals surface area contributed by atoms with Crippen LogP contribution < -0.4 is 9.64 Å². The van der Waals surface area contributed by atoms with Crippen LogP contribution in [0.25, 0.3) is 10.2 Å². The largest absolute Gasteiger partial charge is 0.573 e. The molecule has 144 valence electrons. The third-order valence-corrected chi connectivity index (χ3v) is 4.60. The number of carbonyl (C=O) groups is 1. The van der Waals surface area contributed by atoms with Crippen molar-refractivity contribution in [2.24, 2.45) is 0 Å². The molecule has 0 saturated carbocycles. The number of hydrogen-bond donors (Lipinski definition) is 0. The number of likely N-dealkylation sites (N-methyl/N-ethyl adjacent to an activating group) is 1. The first kappa shape index (κ1) is 19.2. The topological polar surface area (TPSA) is 58.8 Å². The number of furan rings is 1. The number of aromatic nitrogens is 1. The standard InChI is InChI=1S/C17H16F3N3O3S/c1-22(2)7-8-23(15(24)13-4-3-9-25-13)16-21-12-6-5-11(10-14(12)27-16)26-17(18,19)20/h3-6,9-10H,7-8H2,1-2H3. The smallest absolute Gasteiger partial charge is 0.459 e. The van der Waals surface area contributed by atoms with Crippen molar-refractivity contribution in [1.82, 2.24) is 9.88 Å². The van der Waals surface area contributed by atoms with E-state index < -0.39 is 6.36 Å². The number of alkyl halides is 3. The Hall–Kier alpha value is -2.59. The van der Waals surface area contributed by atoms with E-state index in [1.165, 1.54) is 29.4 Å². The Labute approximate surface area is 156 Å². The molecule has 0 radical (unpaired) electrons. The summed E-state index contributed by atoms with van der Waals surface area (Å²) in [6.07, 6.45) is -3.37. The first-order chi connectivity index (χ1) is 12.7. The molecule has 0 N–H and O–H groups in total. The summed E-state index contributed by atoms with van der Waals surface area (Å²) in [7, 11) is 3.74. The van der Waals surface area contributed by atoms with E-state index in [9.17, 15) is 18.0 Å². The van der Waals surface area contributed by atoms with Crippen molar-refractivity contribution in [1.29, 1.82) is 0 Å². The maximum atomic E-state index is 12.8. The minimum atomic E-state index is -4.77. The second kappa shape index (κ2) is 7.57. The number of thiazole rings is 1. The lowest BCUT2D eigenvalue weighted by Gasteiger charge is -2.20. The van der Waals surface area contributed by atoms with Gasteiger partial charge in [-0.1, -0.05) is 11.3 Å². The molecule has 2 aromatic heterocycles. The zero-order chi connectivity index (χ0) is 19.6. The van der Waals surface area contributed by atoms with Crippen LogP contribution in [0.5, 0.6) is 5.75 Å². The SMILES string of the molecule is CN(C)CCN(C(=O)c1ccco1)c1nc2ccc(OC(F)(F)F)cc2s1. The molecule has 3 aromatic rings. The summed E-state index contributed by atoms with van der Waals surface area (Å²) in [5.74, 6) is -0.538. The summed E-state index contributed by atoms with van der Waals surface area (Å²) in [5, 5.41) is 0.373. The van der Waals surface area contributed by atoms with Gasteiger partial charge in [0.1, 0.15) is 5.75 Å². The highest BCUT2D eigenvalue weighted by Gasteiger charge is 2.31. The van der Waals surface area contributed by atoms with Crippen LogP contribution in [0, 0.1) is 0 Å². The van der Waals surface area contributed by atoms with Gasteiger partial charge >= 0.3 is 6.36 Å². The minimum Gasteiger partial charge on any atom is -0.459 e. The van der Waals surface area contributed by atoms with E-state index in [2.05, 4.69) is 9.72 Å². The number of anilines is 1. The number of halogens is 3. The molecule has 2 heterocycles. The molecule has 6 nitrogen and oxygen atoms in total. The number of ether oxygens (including phenoxy) is 1. The Kier molecular flexibility index (Phi) is 5.38. The summed E-state index contributed by atoms with van der Waals surface area (Å²) in [4.78, 5) is 20.5. The molecule has 0 aliphatic rings. The normalized spacial score (nSPS) is 11.9. The Morgan fingerprint density at radius 2 is 2.04 bits per heavy atom. The van der Waals surface area contributed by atoms with Crippen LogP contribution in [0.2, 0.25) is 0 Å². The Bertz CT molecular complexity index is 923. The Morgan fingerprint density at radius 1 is 1.26 bits per heavy atom. The van der Waals surface area contributed by atoms with Gasteiger partial charge in [0.15, 0.2) is 10.9 Å². The molecule has 0 unspecified atom stereocenters. The first-order valence-electron chi connectivity index (χ1n) is 7.89. The lowest BCUT2D eigenvalue weighted by atomic mass is 10.3. The maximum absolute atomic E-state index is 12.8. The molecule has 1 aromatic carbocycles. The molecule has 0 saturated heterocycles. The Morgan fingerprint density at radius 3 is 2.67 bits per heavy atom. The van der Waals surface area contributed by atoms with Crippen LogP contribution in [0.4, 0.5) is 18.3 Å². The average molecular weight is 399 g/mol. The van der Waals surface area contributed by atoms with Crippen molar-refractivity contribution in [3.05, 3.63) is 42.4 Å². The number of fused-ring (bicyclic) bond motifs is 1. The maximum Gasteiger partial charge on any atom is 0.573 e. The van der Waals surface area contributed by atoms with Gasteiger partial charge in [-0.05, 0) is 38.4 Å². The molecule has 0 aliphatic carbocycles. The van der Waals surface area contributed by atoms with E-state index in [1.54, 1.807) is 12.1 Å². The molecule has 1 amide bonds. The first-order valence-corrected chi connectivity index (χ1v) is 8.71. The van der Waals surface area contributed by atoms with Gasteiger partial charge in [-0.15, -0.1) is 13.2 Å². The fourth-order valence-electron chi connectivity index (χ4n) is 2.32. The summed E-state index contributed by atoms with van der Waals surface area (Å²) in [6, 6.07) is 7.03. The Balaban J connectivity index is 1.93. The molecule has 0 atom stereocenters. The number of carbonyl (C=O) groups excluding carboxylic acids is 1. The van der Waals surface area contributed by atoms with Gasteiger partial charge in [0.2, 0.25) is 0 Å². The van der Waals surface area contributed by atoms with E-state index in [4.69, 9.17) is 4.42 Å². The summed E-state index contributed by atoms with van der Waals surface area (Å²) < 4.78 is 46.8. The third-order valence-electron chi connectivity index (χ3n) is 3.56. The van der Waals surface area contributed by atoms with Crippen LogP contribution in [0.15, 0.2) is 41.0 Å². The number of amides is 1. The average Bonchev–Trinajstić information content (AvgIpc) is 3.22. The molecule has 0 aliphatic heterocycles. The molecule has 3 rings (SSSR count). The highest BCUT2D eigenvalue weighted by atomic mass is 32.1. The van der Waals surface area contributed by atoms with Gasteiger partial charge in [-0.3, -0.25) is 9.69 Å². The molecule has 27 heavy (non-hydrogen) atoms. The number of rotatable bonds is 6. The zero-order valence-corrected chi connectivity index (χ0v) is 15.3. The van der Waals surface area contributed by atoms with Crippen LogP contribution in [0.1, 0.15) is 10.6 Å². The van der Waals surface area contributed by atoms with E-state index >= 15 is 0 Å². The molecular weight excluding hydrogens is 383 g/mol. The van der Waals surface area contributed by atoms with Gasteiger partial charge in [-0.25, -0.2) is 4.98 Å². The monoisotopic (exact) mass is 399 g/mol. The lowest BCUT2D eigenvalue weighted by molar-refractivity contribution is -0.274. The number of nitrogens with zero attached hydrogens (tertiary/aromatic N) is 3. The fraction of sp³-hybridized carbons (Fsp3) is 0.294. The van der Waals surface area contributed by atoms with Gasteiger partial charge in [0.05, 0.1) is 16.5 Å². The minimum absolute atomic E-state index is 0.161. The summed E-state index contributed by atoms with van der Waals surface area (Å²) in [6.45, 7) is 0.920. The van der Waals surface area contributed by atoms with Crippen molar-refractivity contribution in [3.63, 3.8) is 0 Å². The van der Waals surface area contributed by atoms with Crippen molar-refractivity contribution in [3.8, 4) is 5.75 Å². The molecule has 10 heteroatoms. The summed E-state index contributed by atoms with van der Waals surface area (Å²) in [5.41, 5.74) is 0.478. The fourth-order valence-corrected chi connectivity index (χ4v) is 3.34. The van der Waals surface area contributed by atoms with Crippen LogP contribution >= 0.6 is 11.3 Å². The molecule has 0 spiro atoms. The molecule has 0 bridgehead atoms. The third kappa shape index (κ3) is 4.77. The number of hydrogen-bond acceptors (Lipinski definition) is 6. The summed E-state index contributed by atoms with van der Waals surface area (Å²) >= 11 is 1.11. The van der Waals surface area contributed by atoms with Gasteiger partial charge in [0, 0.05) is 19.2 Å². The van der Waals surface area contributed by atoms with Crippen LogP contribution in [0.3, 0.4) is 0 Å². The predicted octanol–water partition coefficient (Wildman–Crippen LogP) is 4.00. The molecular formula is C17H16F3N3O3S. The van der Waals surface area contributed by atoms with Crippen molar-refractivity contribution < 1.29 is 27.1 Å². The van der Waals surface area contributed by atoms with E-state index in [1.807, 2.05) is 19.0 Å². The van der Waals surface area contributed by atoms with Crippen molar-refractivity contribution in [2.75, 3.05) is 32.1 Å². The van der Waals surface area contributed by atoms with Gasteiger partial charge in [-0.2, -0.15) is 0 Å². The highest BCUT2D eigenvalue weighted by Crippen LogP contribution is 2.33. The van der Waals surface area contributed by atoms with Crippen molar-refractivity contribution in [2.45, 2.75) is 6.36 Å². The second-order valence-electron chi connectivity index (χ2n) is 5.91. The molecule has 0 fully saturated rings. The van der Waals surface area contributed by atoms with Gasteiger partial charge < -0.3 is 14.1 Å². The quantitative estimate of drug-likeness (QED) is 0.627. The van der Waals surface area contributed by atoms with E-state index in [0.717, 1.165) is 11.3 Å². The second-order valence-corrected chi connectivity index (χ2v) is 6.92. The van der Waals surface area contributed by atoms with Gasteiger partial charge in [0.25, 0.3) is 5.91 Å². The highest BCUT2D eigenvalue weighted by molar-refractivity contribution is 7.22. The predicted molar refractivity (Wildman–Crippen MR) is 95.2 cm³/mol. The van der Waals surface area contributed by atoms with E-state index in [0.29, 0.717) is 28.4 Å². The van der Waals surface area contributed by atoms with Crippen molar-refractivity contribution >= 4 is 32.6 Å².